The van der Waals surface area contributed by atoms with Crippen molar-refractivity contribution in [1.29, 1.82) is 0 Å². The molecule has 0 unspecified atom stereocenters. The number of carbonyl (C=O) groups is 2. The van der Waals surface area contributed by atoms with Crippen molar-refractivity contribution < 1.29 is 14.3 Å². The quantitative estimate of drug-likeness (QED) is 0.563. The average Bonchev–Trinajstić information content (AvgIpc) is 2.70. The molecule has 0 heterocycles. The predicted octanol–water partition coefficient (Wildman–Crippen LogP) is 4.73. The van der Waals surface area contributed by atoms with Gasteiger partial charge in [0, 0.05) is 22.6 Å². The van der Waals surface area contributed by atoms with Gasteiger partial charge in [-0.25, -0.2) is 0 Å². The molecule has 0 aliphatic carbocycles. The Balaban J connectivity index is 2.14. The lowest BCUT2D eigenvalue weighted by Gasteiger charge is -2.28. The van der Waals surface area contributed by atoms with Gasteiger partial charge in [0.05, 0.1) is 0 Å². The third-order valence-corrected chi connectivity index (χ3v) is 5.37. The van der Waals surface area contributed by atoms with Gasteiger partial charge >= 0.3 is 0 Å². The number of hydrogen-bond acceptors (Lipinski definition) is 3. The third kappa shape index (κ3) is 7.05. The maximum Gasteiger partial charge on any atom is 0.261 e. The lowest BCUT2D eigenvalue weighted by atomic mass is 10.1. The Labute approximate surface area is 185 Å². The first-order valence-electron chi connectivity index (χ1n) is 9.52. The molecule has 0 aliphatic rings. The molecule has 0 saturated heterocycles. The minimum atomic E-state index is -0.622. The molecule has 0 spiro atoms. The van der Waals surface area contributed by atoms with E-state index in [1.807, 2.05) is 38.1 Å². The first kappa shape index (κ1) is 23.2. The predicted molar refractivity (Wildman–Crippen MR) is 119 cm³/mol. The average molecular weight is 482 g/mol. The monoisotopic (exact) mass is 480 g/mol. The van der Waals surface area contributed by atoms with Crippen LogP contribution in [0.1, 0.15) is 31.4 Å². The van der Waals surface area contributed by atoms with Gasteiger partial charge < -0.3 is 15.0 Å². The molecule has 7 heteroatoms. The number of nitrogens with one attached hydrogen (secondary N) is 1. The van der Waals surface area contributed by atoms with Crippen molar-refractivity contribution in [2.75, 3.05) is 13.2 Å². The molecule has 0 radical (unpaired) electrons. The van der Waals surface area contributed by atoms with E-state index in [2.05, 4.69) is 21.2 Å². The van der Waals surface area contributed by atoms with E-state index in [1.165, 1.54) is 4.90 Å². The number of nitrogens with zero attached hydrogens (tertiary/aromatic N) is 1. The summed E-state index contributed by atoms with van der Waals surface area (Å²) in [7, 11) is 0. The van der Waals surface area contributed by atoms with Crippen molar-refractivity contribution in [3.8, 4) is 5.75 Å². The van der Waals surface area contributed by atoms with Gasteiger partial charge in [-0.3, -0.25) is 9.59 Å². The van der Waals surface area contributed by atoms with E-state index >= 15 is 0 Å². The van der Waals surface area contributed by atoms with Crippen molar-refractivity contribution in [2.45, 2.75) is 39.8 Å². The molecule has 5 nitrogen and oxygen atoms in total. The normalized spacial score (nSPS) is 11.6. The zero-order valence-electron chi connectivity index (χ0n) is 16.9. The fourth-order valence-electron chi connectivity index (χ4n) is 2.75. The molecule has 1 atom stereocenters. The van der Waals surface area contributed by atoms with E-state index in [-0.39, 0.29) is 18.4 Å². The summed E-state index contributed by atoms with van der Waals surface area (Å²) in [4.78, 5) is 27.0. The van der Waals surface area contributed by atoms with E-state index in [9.17, 15) is 9.59 Å². The van der Waals surface area contributed by atoms with E-state index < -0.39 is 6.04 Å². The Morgan fingerprint density at radius 1 is 1.24 bits per heavy atom. The zero-order valence-corrected chi connectivity index (χ0v) is 19.2. The highest BCUT2D eigenvalue weighted by molar-refractivity contribution is 9.10. The van der Waals surface area contributed by atoms with Crippen LogP contribution in [-0.4, -0.2) is 35.9 Å². The summed E-state index contributed by atoms with van der Waals surface area (Å²) < 4.78 is 6.58. The highest BCUT2D eigenvalue weighted by Crippen LogP contribution is 2.21. The second-order valence-corrected chi connectivity index (χ2v) is 8.14. The van der Waals surface area contributed by atoms with Gasteiger partial charge in [0.25, 0.3) is 5.91 Å². The summed E-state index contributed by atoms with van der Waals surface area (Å²) in [5.41, 5.74) is 1.79. The third-order valence-electron chi connectivity index (χ3n) is 4.45. The fraction of sp³-hybridized carbons (Fsp3) is 0.364. The number of benzene rings is 2. The van der Waals surface area contributed by atoms with Crippen LogP contribution >= 0.6 is 27.5 Å². The van der Waals surface area contributed by atoms with Crippen LogP contribution in [0, 0.1) is 6.92 Å². The molecule has 2 aromatic carbocycles. The van der Waals surface area contributed by atoms with Crippen molar-refractivity contribution in [3.63, 3.8) is 0 Å². The van der Waals surface area contributed by atoms with Crippen LogP contribution in [-0.2, 0) is 16.1 Å². The Morgan fingerprint density at radius 3 is 2.66 bits per heavy atom. The summed E-state index contributed by atoms with van der Waals surface area (Å²) in [6, 6.07) is 12.3. The van der Waals surface area contributed by atoms with Crippen LogP contribution in [0.15, 0.2) is 46.9 Å². The Bertz CT molecular complexity index is 860. The molecule has 29 heavy (non-hydrogen) atoms. The van der Waals surface area contributed by atoms with Crippen LogP contribution in [0.3, 0.4) is 0 Å². The van der Waals surface area contributed by atoms with Crippen molar-refractivity contribution in [2.24, 2.45) is 0 Å². The number of halogens is 2. The molecule has 2 aromatic rings. The largest absolute Gasteiger partial charge is 0.484 e. The molecule has 0 aliphatic heterocycles. The molecule has 1 N–H and O–H groups in total. The van der Waals surface area contributed by atoms with Gasteiger partial charge in [-0.05, 0) is 61.7 Å². The second kappa shape index (κ2) is 11.2. The summed E-state index contributed by atoms with van der Waals surface area (Å²) >= 11 is 9.48. The summed E-state index contributed by atoms with van der Waals surface area (Å²) in [6.45, 7) is 6.30. The number of amides is 2. The van der Waals surface area contributed by atoms with Gasteiger partial charge in [0.2, 0.25) is 5.91 Å². The fourth-order valence-corrected chi connectivity index (χ4v) is 3.31. The van der Waals surface area contributed by atoms with Crippen molar-refractivity contribution in [3.05, 3.63) is 63.1 Å². The molecule has 2 rings (SSSR count). The molecule has 0 bridgehead atoms. The smallest absolute Gasteiger partial charge is 0.261 e. The molecular weight excluding hydrogens is 456 g/mol. The number of hydrogen-bond donors (Lipinski definition) is 1. The van der Waals surface area contributed by atoms with Crippen LogP contribution in [0.2, 0.25) is 5.02 Å². The van der Waals surface area contributed by atoms with Gasteiger partial charge in [-0.1, -0.05) is 46.6 Å². The van der Waals surface area contributed by atoms with Crippen LogP contribution in [0.4, 0.5) is 0 Å². The number of aryl methyl sites for hydroxylation is 1. The molecule has 0 aromatic heterocycles. The van der Waals surface area contributed by atoms with E-state index in [4.69, 9.17) is 16.3 Å². The van der Waals surface area contributed by atoms with Crippen molar-refractivity contribution in [1.82, 2.24) is 10.2 Å². The Morgan fingerprint density at radius 2 is 2.00 bits per heavy atom. The van der Waals surface area contributed by atoms with Crippen LogP contribution < -0.4 is 10.1 Å². The lowest BCUT2D eigenvalue weighted by Crippen LogP contribution is -2.49. The zero-order chi connectivity index (χ0) is 21.4. The second-order valence-electron chi connectivity index (χ2n) is 6.82. The van der Waals surface area contributed by atoms with Crippen LogP contribution in [0.5, 0.6) is 5.75 Å². The number of carbonyl (C=O) groups excluding carboxylic acids is 2. The molecular formula is C22H26BrClN2O3. The maximum atomic E-state index is 13.0. The van der Waals surface area contributed by atoms with Gasteiger partial charge in [-0.15, -0.1) is 0 Å². The van der Waals surface area contributed by atoms with Gasteiger partial charge in [0.1, 0.15) is 11.8 Å². The van der Waals surface area contributed by atoms with E-state index in [1.54, 1.807) is 25.1 Å². The van der Waals surface area contributed by atoms with Crippen LogP contribution in [0.25, 0.3) is 0 Å². The minimum absolute atomic E-state index is 0.166. The van der Waals surface area contributed by atoms with Gasteiger partial charge in [-0.2, -0.15) is 0 Å². The highest BCUT2D eigenvalue weighted by Gasteiger charge is 2.26. The maximum absolute atomic E-state index is 13.0. The topological polar surface area (TPSA) is 58.6 Å². The standard InChI is InChI=1S/C22H26BrClN2O3/c1-4-10-25-22(28)16(3)26(13-17-6-5-7-18(23)12-17)21(27)14-29-19-8-9-20(24)15(2)11-19/h5-9,11-12,16H,4,10,13-14H2,1-3H3,(H,25,28)/t16-/m0/s1. The van der Waals surface area contributed by atoms with Crippen molar-refractivity contribution >= 4 is 39.3 Å². The van der Waals surface area contributed by atoms with Gasteiger partial charge in [0.15, 0.2) is 6.61 Å². The molecule has 156 valence electrons. The summed E-state index contributed by atoms with van der Waals surface area (Å²) in [5.74, 6) is 0.111. The number of ether oxygens (including phenoxy) is 1. The minimum Gasteiger partial charge on any atom is -0.484 e. The number of rotatable bonds is 9. The lowest BCUT2D eigenvalue weighted by molar-refractivity contribution is -0.142. The first-order valence-corrected chi connectivity index (χ1v) is 10.7. The highest BCUT2D eigenvalue weighted by atomic mass is 79.9. The Hall–Kier alpha value is -2.05. The molecule has 0 saturated carbocycles. The SMILES string of the molecule is CCCNC(=O)[C@H](C)N(Cc1cccc(Br)c1)C(=O)COc1ccc(Cl)c(C)c1. The Kier molecular flexibility index (Phi) is 8.99. The first-order chi connectivity index (χ1) is 13.8. The van der Waals surface area contributed by atoms with E-state index in [0.717, 1.165) is 22.0 Å². The molecule has 2 amide bonds. The van der Waals surface area contributed by atoms with E-state index in [0.29, 0.717) is 23.9 Å². The summed E-state index contributed by atoms with van der Waals surface area (Å²) in [5, 5.41) is 3.49. The molecule has 0 fully saturated rings. The summed E-state index contributed by atoms with van der Waals surface area (Å²) in [6.07, 6.45) is 0.830.